The van der Waals surface area contributed by atoms with E-state index in [2.05, 4.69) is 32.9 Å². The molecular formula is C22H35NO2. The third-order valence-electron chi connectivity index (χ3n) is 9.20. The second-order valence-corrected chi connectivity index (χ2v) is 9.93. The Kier molecular flexibility index (Phi) is 3.92. The highest BCUT2D eigenvalue weighted by atomic mass is 16.6. The Hall–Kier alpha value is -0.830. The summed E-state index contributed by atoms with van der Waals surface area (Å²) in [5, 5.41) is 15.3. The summed E-state index contributed by atoms with van der Waals surface area (Å²) in [5.41, 5.74) is 4.21. The molecule has 4 rings (SSSR count). The standard InChI is InChI=1S/C22H35NO2/c1-14-16-7-6-15-17(20(16,2)11-10-19(14)23-25-5)8-12-21(3)18(15)9-13-22(21,4)24/h15,17-18,24H,6-13H2,1-5H3/b23-19+/t15-,17+,18+,20+,21+,22+/m1/s1. The molecule has 1 N–H and O–H groups in total. The van der Waals surface area contributed by atoms with Crippen molar-refractivity contribution < 1.29 is 9.94 Å². The van der Waals surface area contributed by atoms with E-state index in [1.807, 2.05) is 0 Å². The molecular weight excluding hydrogens is 310 g/mol. The third kappa shape index (κ3) is 2.23. The van der Waals surface area contributed by atoms with Crippen molar-refractivity contribution in [1.82, 2.24) is 0 Å². The lowest BCUT2D eigenvalue weighted by atomic mass is 9.46. The highest BCUT2D eigenvalue weighted by Crippen LogP contribution is 2.67. The van der Waals surface area contributed by atoms with Crippen molar-refractivity contribution in [3.63, 3.8) is 0 Å². The zero-order chi connectivity index (χ0) is 18.0. The van der Waals surface area contributed by atoms with E-state index >= 15 is 0 Å². The molecule has 4 aliphatic carbocycles. The summed E-state index contributed by atoms with van der Waals surface area (Å²) in [7, 11) is 1.66. The Balaban J connectivity index is 1.70. The van der Waals surface area contributed by atoms with Gasteiger partial charge in [-0.15, -0.1) is 0 Å². The van der Waals surface area contributed by atoms with E-state index in [1.54, 1.807) is 12.7 Å². The van der Waals surface area contributed by atoms with Crippen LogP contribution in [-0.4, -0.2) is 23.5 Å². The molecule has 0 unspecified atom stereocenters. The minimum Gasteiger partial charge on any atom is -0.399 e. The summed E-state index contributed by atoms with van der Waals surface area (Å²) in [6.07, 6.45) is 9.43. The van der Waals surface area contributed by atoms with E-state index in [1.165, 1.54) is 44.1 Å². The maximum atomic E-state index is 11.0. The number of aliphatic hydroxyl groups is 1. The number of hydrogen-bond donors (Lipinski definition) is 1. The van der Waals surface area contributed by atoms with Crippen LogP contribution < -0.4 is 0 Å². The van der Waals surface area contributed by atoms with Gasteiger partial charge < -0.3 is 9.94 Å². The Morgan fingerprint density at radius 3 is 2.44 bits per heavy atom. The first-order valence-corrected chi connectivity index (χ1v) is 10.3. The molecule has 0 spiro atoms. The van der Waals surface area contributed by atoms with Crippen molar-refractivity contribution in [3.8, 4) is 0 Å². The fourth-order valence-corrected chi connectivity index (χ4v) is 7.46. The minimum atomic E-state index is -0.472. The van der Waals surface area contributed by atoms with E-state index in [0.29, 0.717) is 11.3 Å². The molecule has 3 fully saturated rings. The lowest BCUT2D eigenvalue weighted by molar-refractivity contribution is -0.117. The molecule has 3 saturated carbocycles. The summed E-state index contributed by atoms with van der Waals surface area (Å²) < 4.78 is 0. The van der Waals surface area contributed by atoms with Gasteiger partial charge in [0, 0.05) is 0 Å². The van der Waals surface area contributed by atoms with Crippen LogP contribution in [-0.2, 0) is 4.84 Å². The van der Waals surface area contributed by atoms with E-state index in [9.17, 15) is 5.11 Å². The van der Waals surface area contributed by atoms with Crippen LogP contribution in [0.25, 0.3) is 0 Å². The first kappa shape index (κ1) is 17.6. The van der Waals surface area contributed by atoms with Crippen LogP contribution in [0, 0.1) is 28.6 Å². The number of allylic oxidation sites excluding steroid dienone is 2. The van der Waals surface area contributed by atoms with Gasteiger partial charge in [0.1, 0.15) is 7.11 Å². The first-order valence-electron chi connectivity index (χ1n) is 10.3. The van der Waals surface area contributed by atoms with Gasteiger partial charge >= 0.3 is 0 Å². The quantitative estimate of drug-likeness (QED) is 0.672. The molecule has 0 radical (unpaired) electrons. The van der Waals surface area contributed by atoms with Crippen molar-refractivity contribution in [2.24, 2.45) is 33.7 Å². The Bertz CT molecular complexity index is 634. The minimum absolute atomic E-state index is 0.123. The van der Waals surface area contributed by atoms with Crippen molar-refractivity contribution in [3.05, 3.63) is 11.1 Å². The molecule has 0 aromatic rings. The predicted octanol–water partition coefficient (Wildman–Crippen LogP) is 5.09. The molecule has 140 valence electrons. The number of rotatable bonds is 1. The monoisotopic (exact) mass is 345 g/mol. The Morgan fingerprint density at radius 1 is 1.00 bits per heavy atom. The largest absolute Gasteiger partial charge is 0.399 e. The van der Waals surface area contributed by atoms with Crippen LogP contribution in [0.4, 0.5) is 0 Å². The zero-order valence-corrected chi connectivity index (χ0v) is 16.7. The van der Waals surface area contributed by atoms with Crippen LogP contribution in [0.1, 0.15) is 79.1 Å². The fourth-order valence-electron chi connectivity index (χ4n) is 7.46. The molecule has 0 aromatic carbocycles. The molecule has 25 heavy (non-hydrogen) atoms. The average molecular weight is 346 g/mol. The molecule has 0 bridgehead atoms. The normalized spacial score (nSPS) is 51.1. The topological polar surface area (TPSA) is 41.8 Å². The summed E-state index contributed by atoms with van der Waals surface area (Å²) in [4.78, 5) is 5.09. The van der Waals surface area contributed by atoms with Crippen LogP contribution in [0.15, 0.2) is 16.3 Å². The smallest absolute Gasteiger partial charge is 0.106 e. The molecule has 3 nitrogen and oxygen atoms in total. The summed E-state index contributed by atoms with van der Waals surface area (Å²) in [5.74, 6) is 2.27. The lowest BCUT2D eigenvalue weighted by Gasteiger charge is -2.59. The van der Waals surface area contributed by atoms with Gasteiger partial charge in [0.25, 0.3) is 0 Å². The predicted molar refractivity (Wildman–Crippen MR) is 101 cm³/mol. The number of oxime groups is 1. The van der Waals surface area contributed by atoms with Gasteiger partial charge in [0.2, 0.25) is 0 Å². The fraction of sp³-hybridized carbons (Fsp3) is 0.864. The van der Waals surface area contributed by atoms with E-state index < -0.39 is 5.60 Å². The van der Waals surface area contributed by atoms with Gasteiger partial charge in [-0.05, 0) is 99.4 Å². The summed E-state index contributed by atoms with van der Waals surface area (Å²) in [6.45, 7) is 9.27. The highest BCUT2D eigenvalue weighted by molar-refractivity contribution is 6.01. The molecule has 6 atom stereocenters. The molecule has 0 aliphatic heterocycles. The van der Waals surface area contributed by atoms with Crippen LogP contribution in [0.3, 0.4) is 0 Å². The van der Waals surface area contributed by atoms with Gasteiger partial charge in [-0.2, -0.15) is 0 Å². The Labute approximate surface area is 152 Å². The maximum Gasteiger partial charge on any atom is 0.106 e. The molecule has 0 aromatic heterocycles. The number of fused-ring (bicyclic) bond motifs is 5. The van der Waals surface area contributed by atoms with Crippen molar-refractivity contribution >= 4 is 5.71 Å². The van der Waals surface area contributed by atoms with Crippen LogP contribution in [0.2, 0.25) is 0 Å². The molecule has 0 amide bonds. The third-order valence-corrected chi connectivity index (χ3v) is 9.20. The zero-order valence-electron chi connectivity index (χ0n) is 16.7. The van der Waals surface area contributed by atoms with Gasteiger partial charge in [-0.25, -0.2) is 0 Å². The molecule has 4 aliphatic rings. The molecule has 0 saturated heterocycles. The number of hydrogen-bond acceptors (Lipinski definition) is 3. The molecule has 3 heteroatoms. The first-order chi connectivity index (χ1) is 11.7. The van der Waals surface area contributed by atoms with Gasteiger partial charge in [0.05, 0.1) is 11.3 Å². The van der Waals surface area contributed by atoms with Crippen LogP contribution >= 0.6 is 0 Å². The van der Waals surface area contributed by atoms with Crippen LogP contribution in [0.5, 0.6) is 0 Å². The second-order valence-electron chi connectivity index (χ2n) is 9.93. The van der Waals surface area contributed by atoms with Crippen molar-refractivity contribution in [1.29, 1.82) is 0 Å². The average Bonchev–Trinajstić information content (AvgIpc) is 2.80. The van der Waals surface area contributed by atoms with Crippen molar-refractivity contribution in [2.45, 2.75) is 84.7 Å². The second kappa shape index (κ2) is 5.58. The van der Waals surface area contributed by atoms with Gasteiger partial charge in [-0.1, -0.05) is 24.6 Å². The van der Waals surface area contributed by atoms with E-state index in [0.717, 1.165) is 30.4 Å². The van der Waals surface area contributed by atoms with Gasteiger partial charge in [-0.3, -0.25) is 0 Å². The highest BCUT2D eigenvalue weighted by Gasteiger charge is 2.62. The molecule has 0 heterocycles. The van der Waals surface area contributed by atoms with Gasteiger partial charge in [0.15, 0.2) is 0 Å². The SMILES string of the molecule is CO/N=C1\CC[C@@]2(C)C(=C1C)CC[C@@H]1[C@@H]2CC[C@@]2(C)[C@H]1CC[C@]2(C)O. The maximum absolute atomic E-state index is 11.0. The summed E-state index contributed by atoms with van der Waals surface area (Å²) in [6, 6.07) is 0. The van der Waals surface area contributed by atoms with E-state index in [4.69, 9.17) is 4.84 Å². The lowest BCUT2D eigenvalue weighted by Crippen LogP contribution is -2.54. The number of nitrogens with zero attached hydrogens (tertiary/aromatic N) is 1. The Morgan fingerprint density at radius 2 is 1.72 bits per heavy atom. The summed E-state index contributed by atoms with van der Waals surface area (Å²) >= 11 is 0. The van der Waals surface area contributed by atoms with Crippen molar-refractivity contribution in [2.75, 3.05) is 7.11 Å². The van der Waals surface area contributed by atoms with E-state index in [-0.39, 0.29) is 5.41 Å².